The monoisotopic (exact) mass is 456 g/mol. The molecule has 0 spiro atoms. The van der Waals surface area contributed by atoms with E-state index in [1.807, 2.05) is 0 Å². The number of imidazole rings is 1. The Morgan fingerprint density at radius 1 is 1.56 bits per heavy atom. The maximum Gasteiger partial charge on any atom is 0.408 e. The van der Waals surface area contributed by atoms with Crippen LogP contribution in [0, 0.1) is 17.0 Å². The molecule has 2 aromatic heterocycles. The Kier molecular flexibility index (Phi) is 7.66. The van der Waals surface area contributed by atoms with Crippen molar-refractivity contribution >= 4 is 58.5 Å². The molecule has 2 heterocycles. The van der Waals surface area contributed by atoms with Gasteiger partial charge in [-0.25, -0.2) is 14.3 Å². The van der Waals surface area contributed by atoms with Crippen LogP contribution in [0.4, 0.5) is 10.6 Å². The third-order valence-corrected chi connectivity index (χ3v) is 5.59. The van der Waals surface area contributed by atoms with Crippen molar-refractivity contribution in [3.63, 3.8) is 0 Å². The molecular weight excluding hydrogens is 443 g/mol. The molecule has 27 heavy (non-hydrogen) atoms. The van der Waals surface area contributed by atoms with Crippen molar-refractivity contribution in [1.29, 1.82) is 0 Å². The summed E-state index contributed by atoms with van der Waals surface area (Å²) in [6, 6.07) is 3.47. The number of aryl methyl sites for hydroxylation is 1. The molecule has 0 aromatic carbocycles. The molecule has 1 atom stereocenters. The number of nitrogens with zero attached hydrogens (tertiary/aromatic N) is 3. The van der Waals surface area contributed by atoms with Crippen LogP contribution in [0.1, 0.15) is 11.6 Å². The number of amides is 1. The molecule has 0 unspecified atom stereocenters. The zero-order valence-electron chi connectivity index (χ0n) is 13.9. The smallest absolute Gasteiger partial charge is 0.408 e. The van der Waals surface area contributed by atoms with Crippen molar-refractivity contribution in [2.45, 2.75) is 28.4 Å². The number of carbonyl (C=O) groups excluding carboxylic acids is 1. The number of halogens is 3. The second-order valence-corrected chi connectivity index (χ2v) is 8.63. The van der Waals surface area contributed by atoms with E-state index < -0.39 is 20.2 Å². The van der Waals surface area contributed by atoms with E-state index in [0.717, 1.165) is 18.0 Å². The van der Waals surface area contributed by atoms with Crippen LogP contribution >= 0.6 is 46.6 Å². The maximum absolute atomic E-state index is 12.0. The molecule has 2 aromatic rings. The first-order chi connectivity index (χ1) is 12.7. The molecule has 148 valence electrons. The van der Waals surface area contributed by atoms with Gasteiger partial charge in [-0.1, -0.05) is 34.8 Å². The second-order valence-electron chi connectivity index (χ2n) is 5.16. The number of hydrogen-bond acceptors (Lipinski definition) is 7. The first kappa shape index (κ1) is 21.7. The number of hydrogen-bond donors (Lipinski definition) is 1. The number of carbonyl (C=O) groups is 1. The molecule has 0 aliphatic carbocycles. The van der Waals surface area contributed by atoms with Gasteiger partial charge in [-0.05, 0) is 17.1 Å². The Morgan fingerprint density at radius 2 is 2.30 bits per heavy atom. The van der Waals surface area contributed by atoms with Crippen molar-refractivity contribution in [1.82, 2.24) is 14.9 Å². The normalized spacial score (nSPS) is 12.6. The van der Waals surface area contributed by atoms with E-state index in [9.17, 15) is 14.9 Å². The lowest BCUT2D eigenvalue weighted by Gasteiger charge is -2.24. The lowest BCUT2D eigenvalue weighted by Crippen LogP contribution is -2.42. The van der Waals surface area contributed by atoms with Crippen molar-refractivity contribution in [3.05, 3.63) is 46.3 Å². The van der Waals surface area contributed by atoms with Crippen LogP contribution in [0.15, 0.2) is 29.0 Å². The van der Waals surface area contributed by atoms with Crippen LogP contribution in [-0.2, 0) is 17.0 Å². The number of nitrogens with one attached hydrogen (secondary N) is 1. The minimum atomic E-state index is -1.78. The Labute approximate surface area is 173 Å². The molecule has 2 rings (SSSR count). The molecule has 13 heteroatoms. The highest BCUT2D eigenvalue weighted by molar-refractivity contribution is 7.99. The van der Waals surface area contributed by atoms with Gasteiger partial charge in [-0.15, -0.1) is 11.8 Å². The number of alkyl carbamates (subject to hydrolysis) is 1. The van der Waals surface area contributed by atoms with Gasteiger partial charge >= 0.3 is 11.9 Å². The van der Waals surface area contributed by atoms with E-state index in [1.165, 1.54) is 10.8 Å². The quantitative estimate of drug-likeness (QED) is 0.275. The molecule has 0 radical (unpaired) electrons. The Hall–Kier alpha value is -1.62. The highest BCUT2D eigenvalue weighted by atomic mass is 35.6. The van der Waals surface area contributed by atoms with Crippen molar-refractivity contribution in [3.8, 4) is 0 Å². The summed E-state index contributed by atoms with van der Waals surface area (Å²) in [6.45, 7) is 1.55. The number of furan rings is 1. The summed E-state index contributed by atoms with van der Waals surface area (Å²) in [4.78, 5) is 26.2. The zero-order valence-corrected chi connectivity index (χ0v) is 17.0. The van der Waals surface area contributed by atoms with E-state index in [4.69, 9.17) is 44.0 Å². The molecule has 0 saturated carbocycles. The SMILES string of the molecule is Cc1ncc([N+](=O)[O-])n1CCOC(=O)N[C@H](SCc1ccco1)C(Cl)(Cl)Cl. The average molecular weight is 458 g/mol. The lowest BCUT2D eigenvalue weighted by molar-refractivity contribution is -0.392. The number of rotatable bonds is 8. The molecule has 0 fully saturated rings. The highest BCUT2D eigenvalue weighted by Gasteiger charge is 2.35. The molecule has 0 saturated heterocycles. The first-order valence-corrected chi connectivity index (χ1v) is 9.67. The minimum absolute atomic E-state index is 0.0630. The van der Waals surface area contributed by atoms with Gasteiger partial charge in [-0.2, -0.15) is 0 Å². The van der Waals surface area contributed by atoms with Crippen LogP contribution in [-0.4, -0.2) is 36.3 Å². The molecule has 0 bridgehead atoms. The largest absolute Gasteiger partial charge is 0.468 e. The summed E-state index contributed by atoms with van der Waals surface area (Å²) < 4.78 is 9.77. The summed E-state index contributed by atoms with van der Waals surface area (Å²) in [5.41, 5.74) is 0. The van der Waals surface area contributed by atoms with Gasteiger partial charge in [0, 0.05) is 6.92 Å². The predicted molar refractivity (Wildman–Crippen MR) is 102 cm³/mol. The maximum atomic E-state index is 12.0. The Balaban J connectivity index is 1.86. The van der Waals surface area contributed by atoms with Gasteiger partial charge in [-0.3, -0.25) is 0 Å². The third kappa shape index (κ3) is 6.49. The zero-order chi connectivity index (χ0) is 20.0. The number of ether oxygens (including phenoxy) is 1. The number of nitro groups is 1. The Morgan fingerprint density at radius 3 is 2.89 bits per heavy atom. The second kappa shape index (κ2) is 9.54. The summed E-state index contributed by atoms with van der Waals surface area (Å²) in [5.74, 6) is 1.26. The van der Waals surface area contributed by atoms with Crippen LogP contribution in [0.3, 0.4) is 0 Å². The van der Waals surface area contributed by atoms with E-state index in [0.29, 0.717) is 17.3 Å². The Bertz CT molecular complexity index is 778. The van der Waals surface area contributed by atoms with Gasteiger partial charge in [0.05, 0.1) is 12.0 Å². The third-order valence-electron chi connectivity index (χ3n) is 3.29. The number of thioether (sulfide) groups is 1. The summed E-state index contributed by atoms with van der Waals surface area (Å²) >= 11 is 18.8. The van der Waals surface area contributed by atoms with E-state index >= 15 is 0 Å². The molecular formula is C14H15Cl3N4O5S. The minimum Gasteiger partial charge on any atom is -0.468 e. The van der Waals surface area contributed by atoms with E-state index in [2.05, 4.69) is 10.3 Å². The lowest BCUT2D eigenvalue weighted by atomic mass is 10.5. The fraction of sp³-hybridized carbons (Fsp3) is 0.429. The van der Waals surface area contributed by atoms with Gasteiger partial charge in [0.15, 0.2) is 5.82 Å². The van der Waals surface area contributed by atoms with Crippen LogP contribution in [0.5, 0.6) is 0 Å². The number of alkyl halides is 3. The summed E-state index contributed by atoms with van der Waals surface area (Å²) in [5, 5.41) is 12.5. The molecule has 0 aliphatic rings. The van der Waals surface area contributed by atoms with Crippen LogP contribution in [0.2, 0.25) is 0 Å². The van der Waals surface area contributed by atoms with Gasteiger partial charge in [0.2, 0.25) is 3.79 Å². The van der Waals surface area contributed by atoms with Crippen molar-refractivity contribution < 1.29 is 18.9 Å². The average Bonchev–Trinajstić information content (AvgIpc) is 3.20. The van der Waals surface area contributed by atoms with E-state index in [-0.39, 0.29) is 19.0 Å². The summed E-state index contributed by atoms with van der Waals surface area (Å²) in [6.07, 6.45) is 1.83. The standard InChI is InChI=1S/C14H15Cl3N4O5S/c1-9-18-7-11(21(23)24)20(9)4-6-26-13(22)19-12(14(15,16)17)27-8-10-3-2-5-25-10/h2-3,5,7,12H,4,6,8H2,1H3,(H,19,22)/t12-/m1/s1. The van der Waals surface area contributed by atoms with Gasteiger partial charge < -0.3 is 24.6 Å². The fourth-order valence-electron chi connectivity index (χ4n) is 2.03. The summed E-state index contributed by atoms with van der Waals surface area (Å²) in [7, 11) is 0. The van der Waals surface area contributed by atoms with Crippen LogP contribution < -0.4 is 5.32 Å². The molecule has 1 amide bonds. The topological polar surface area (TPSA) is 112 Å². The fourth-order valence-corrected chi connectivity index (χ4v) is 3.63. The molecule has 0 aliphatic heterocycles. The van der Waals surface area contributed by atoms with Crippen molar-refractivity contribution in [2.24, 2.45) is 0 Å². The van der Waals surface area contributed by atoms with Crippen molar-refractivity contribution in [2.75, 3.05) is 6.61 Å². The first-order valence-electron chi connectivity index (χ1n) is 7.49. The molecule has 9 nitrogen and oxygen atoms in total. The predicted octanol–water partition coefficient (Wildman–Crippen LogP) is 4.05. The molecule has 1 N–H and O–H groups in total. The number of aromatic nitrogens is 2. The van der Waals surface area contributed by atoms with Crippen LogP contribution in [0.25, 0.3) is 0 Å². The van der Waals surface area contributed by atoms with Gasteiger partial charge in [0.1, 0.15) is 30.5 Å². The van der Waals surface area contributed by atoms with Gasteiger partial charge in [0.25, 0.3) is 0 Å². The van der Waals surface area contributed by atoms with E-state index in [1.54, 1.807) is 19.1 Å². The highest BCUT2D eigenvalue weighted by Crippen LogP contribution is 2.37.